The molecule has 0 aliphatic heterocycles. The second kappa shape index (κ2) is 34.1. The summed E-state index contributed by atoms with van der Waals surface area (Å²) in [6, 6.07) is 28.6. The maximum absolute atomic E-state index is 13.5. The van der Waals surface area contributed by atoms with E-state index >= 15 is 0 Å². The van der Waals surface area contributed by atoms with Crippen molar-refractivity contribution < 1.29 is 41.9 Å². The highest BCUT2D eigenvalue weighted by molar-refractivity contribution is 7.90. The van der Waals surface area contributed by atoms with E-state index in [0.29, 0.717) is 58.1 Å². The Hall–Kier alpha value is -8.40. The number of anilines is 5. The fourth-order valence-corrected chi connectivity index (χ4v) is 8.90. The zero-order chi connectivity index (χ0) is 60.2. The number of carbonyl (C=O) groups excluding carboxylic acids is 5. The van der Waals surface area contributed by atoms with Crippen LogP contribution in [0.25, 0.3) is 0 Å². The number of amides is 5. The molecule has 22 heteroatoms. The first-order chi connectivity index (χ1) is 39.9. The lowest BCUT2D eigenvalue weighted by Gasteiger charge is -2.16. The van der Waals surface area contributed by atoms with Crippen LogP contribution in [-0.2, 0) is 14.6 Å². The zero-order valence-corrected chi connectivity index (χ0v) is 49.5. The minimum absolute atomic E-state index is 0.101. The minimum Gasteiger partial charge on any atom is -0.497 e. The molecule has 0 unspecified atom stereocenters. The molecule has 5 amide bonds. The SMILES string of the molecule is CCCCCCCCNC(=O)COc1ccc(NC(=O)c2ccc(C(=N)N(C)C)cc2)c(C(=O)Nc2ccccn2)c1.CNCCCCCCCNc1cc(S(C)(=O)=O)ccc1C(=O)Nc1ccc(OC)cc1C(=O)Nc1ccc(Cl)cn1. The third-order valence-electron chi connectivity index (χ3n) is 12.8. The van der Waals surface area contributed by atoms with Crippen LogP contribution in [0.1, 0.15) is 125 Å². The number of hydrogen-bond donors (Lipinski definition) is 8. The van der Waals surface area contributed by atoms with Gasteiger partial charge in [-0.15, -0.1) is 0 Å². The van der Waals surface area contributed by atoms with Crippen LogP contribution in [0.15, 0.2) is 126 Å². The smallest absolute Gasteiger partial charge is 0.259 e. The van der Waals surface area contributed by atoms with Gasteiger partial charge in [-0.2, -0.15) is 0 Å². The molecular weight excluding hydrogens is 1100 g/mol. The molecule has 0 saturated heterocycles. The molecule has 6 aromatic rings. The van der Waals surface area contributed by atoms with Crippen LogP contribution in [0.4, 0.5) is 28.7 Å². The van der Waals surface area contributed by atoms with E-state index in [2.05, 4.69) is 54.1 Å². The Morgan fingerprint density at radius 1 is 0.602 bits per heavy atom. The summed E-state index contributed by atoms with van der Waals surface area (Å²) < 4.78 is 35.4. The summed E-state index contributed by atoms with van der Waals surface area (Å²) in [6.07, 6.45) is 16.1. The number of carbonyl (C=O) groups is 5. The van der Waals surface area contributed by atoms with Crippen molar-refractivity contribution in [2.75, 3.05) is 87.3 Å². The molecular formula is C61H76ClN11O9S. The van der Waals surface area contributed by atoms with E-state index in [1.54, 1.807) is 104 Å². The van der Waals surface area contributed by atoms with Crippen LogP contribution >= 0.6 is 11.6 Å². The standard InChI is InChI=1S/C32H40N6O4.C29H36ClN5O5S/c1-4-5-6-7-8-10-20-35-29(39)22-42-25-17-18-27(26(21-25)32(41)37-28-12-9-11-19-34-28)36-31(40)24-15-13-23(14-16-24)30(33)38(2)3;1-31-15-7-5-4-6-8-16-32-26-18-22(41(3,38)39)11-12-23(26)28(36)34-25-13-10-21(40-2)17-24(25)29(37)35-27-14-9-20(30)19-33-27/h9,11-19,21,33H,4-8,10,20,22H2,1-3H3,(H,35,39)(H,36,40)(H,34,37,41);9-14,17-19,31-32H,4-8,15-16H2,1-3H3,(H,34,36)(H,33,35,37). The summed E-state index contributed by atoms with van der Waals surface area (Å²) in [5.74, 6) is -0.525. The number of ether oxygens (including phenoxy) is 2. The molecule has 0 aliphatic rings. The van der Waals surface area contributed by atoms with Crippen molar-refractivity contribution in [3.63, 3.8) is 0 Å². The fourth-order valence-electron chi connectivity index (χ4n) is 8.14. The Bertz CT molecular complexity index is 3220. The van der Waals surface area contributed by atoms with E-state index in [9.17, 15) is 32.4 Å². The fraction of sp³-hybridized carbons (Fsp3) is 0.344. The number of rotatable bonds is 30. The minimum atomic E-state index is -3.49. The molecule has 20 nitrogen and oxygen atoms in total. The first-order valence-corrected chi connectivity index (χ1v) is 29.8. The van der Waals surface area contributed by atoms with Gasteiger partial charge in [0.05, 0.1) is 45.1 Å². The van der Waals surface area contributed by atoms with Gasteiger partial charge >= 0.3 is 0 Å². The van der Waals surface area contributed by atoms with Gasteiger partial charge in [0.25, 0.3) is 29.5 Å². The Kier molecular flexibility index (Phi) is 26.9. The molecule has 0 spiro atoms. The second-order valence-electron chi connectivity index (χ2n) is 19.5. The number of halogens is 1. The van der Waals surface area contributed by atoms with Crippen molar-refractivity contribution in [1.29, 1.82) is 5.41 Å². The molecule has 0 bridgehead atoms. The number of benzene rings is 4. The van der Waals surface area contributed by atoms with Gasteiger partial charge in [0, 0.05) is 62.6 Å². The van der Waals surface area contributed by atoms with Crippen molar-refractivity contribution >= 4 is 85.5 Å². The zero-order valence-electron chi connectivity index (χ0n) is 48.0. The first-order valence-electron chi connectivity index (χ1n) is 27.5. The molecule has 2 heterocycles. The van der Waals surface area contributed by atoms with Crippen LogP contribution in [0, 0.1) is 5.41 Å². The number of methoxy groups -OCH3 is 1. The van der Waals surface area contributed by atoms with Gasteiger partial charge in [0.2, 0.25) is 0 Å². The van der Waals surface area contributed by atoms with Gasteiger partial charge in [-0.3, -0.25) is 29.4 Å². The lowest BCUT2D eigenvalue weighted by Crippen LogP contribution is -2.29. The second-order valence-corrected chi connectivity index (χ2v) is 22.0. The molecule has 8 N–H and O–H groups in total. The van der Waals surface area contributed by atoms with E-state index in [4.69, 9.17) is 26.5 Å². The van der Waals surface area contributed by atoms with Crippen molar-refractivity contribution in [2.45, 2.75) is 82.4 Å². The lowest BCUT2D eigenvalue weighted by atomic mass is 10.1. The first kappa shape index (κ1) is 65.4. The summed E-state index contributed by atoms with van der Waals surface area (Å²) in [6.45, 7) is 4.14. The number of hydrogen-bond acceptors (Lipinski definition) is 14. The average Bonchev–Trinajstić information content (AvgIpc) is 3.67. The number of aromatic nitrogens is 2. The van der Waals surface area contributed by atoms with E-state index in [1.807, 2.05) is 7.05 Å². The number of nitrogens with one attached hydrogen (secondary N) is 8. The summed E-state index contributed by atoms with van der Waals surface area (Å²) in [5.41, 5.74) is 2.46. The van der Waals surface area contributed by atoms with E-state index in [1.165, 1.54) is 69.3 Å². The Labute approximate surface area is 491 Å². The van der Waals surface area contributed by atoms with E-state index in [-0.39, 0.29) is 51.3 Å². The molecule has 0 saturated carbocycles. The normalized spacial score (nSPS) is 10.8. The molecule has 6 rings (SSSR count). The molecule has 0 aliphatic carbocycles. The highest BCUT2D eigenvalue weighted by Crippen LogP contribution is 2.28. The largest absolute Gasteiger partial charge is 0.497 e. The monoisotopic (exact) mass is 1170 g/mol. The van der Waals surface area contributed by atoms with E-state index in [0.717, 1.165) is 57.7 Å². The molecule has 2 aromatic heterocycles. The predicted octanol–water partition coefficient (Wildman–Crippen LogP) is 10.6. The predicted molar refractivity (Wildman–Crippen MR) is 329 cm³/mol. The quantitative estimate of drug-likeness (QED) is 0.0118. The summed E-state index contributed by atoms with van der Waals surface area (Å²) >= 11 is 5.88. The Morgan fingerprint density at radius 3 is 1.77 bits per heavy atom. The van der Waals surface area contributed by atoms with Crippen LogP contribution in [-0.4, -0.2) is 119 Å². The Morgan fingerprint density at radius 2 is 1.18 bits per heavy atom. The highest BCUT2D eigenvalue weighted by atomic mass is 35.5. The van der Waals surface area contributed by atoms with E-state index < -0.39 is 33.5 Å². The summed E-state index contributed by atoms with van der Waals surface area (Å²) in [5, 5.41) is 28.7. The Balaban J connectivity index is 0.000000304. The number of nitrogens with zero attached hydrogens (tertiary/aromatic N) is 3. The number of sulfone groups is 1. The van der Waals surface area contributed by atoms with Crippen LogP contribution in [0.2, 0.25) is 5.02 Å². The lowest BCUT2D eigenvalue weighted by molar-refractivity contribution is -0.123. The van der Waals surface area contributed by atoms with Crippen LogP contribution < -0.4 is 46.7 Å². The van der Waals surface area contributed by atoms with Crippen molar-refractivity contribution in [3.05, 3.63) is 154 Å². The molecule has 4 aromatic carbocycles. The molecule has 0 radical (unpaired) electrons. The number of unbranched alkanes of at least 4 members (excludes halogenated alkanes) is 9. The third-order valence-corrected chi connectivity index (χ3v) is 14.1. The highest BCUT2D eigenvalue weighted by Gasteiger charge is 2.22. The van der Waals surface area contributed by atoms with Crippen molar-refractivity contribution in [2.24, 2.45) is 0 Å². The average molecular weight is 1170 g/mol. The molecule has 0 fully saturated rings. The summed E-state index contributed by atoms with van der Waals surface area (Å²) in [7, 11) is 3.47. The number of pyridine rings is 2. The molecule has 83 heavy (non-hydrogen) atoms. The molecule has 442 valence electrons. The number of amidine groups is 1. The maximum Gasteiger partial charge on any atom is 0.259 e. The summed E-state index contributed by atoms with van der Waals surface area (Å²) in [4.78, 5) is 75.2. The van der Waals surface area contributed by atoms with Gasteiger partial charge in [-0.25, -0.2) is 18.4 Å². The van der Waals surface area contributed by atoms with Gasteiger partial charge in [0.15, 0.2) is 16.4 Å². The van der Waals surface area contributed by atoms with Gasteiger partial charge < -0.3 is 51.6 Å². The molecule has 0 atom stereocenters. The van der Waals surface area contributed by atoms with Gasteiger partial charge in [-0.1, -0.05) is 88.1 Å². The topological polar surface area (TPSA) is 275 Å². The third kappa shape index (κ3) is 22.1. The van der Waals surface area contributed by atoms with Crippen molar-refractivity contribution in [1.82, 2.24) is 25.5 Å². The van der Waals surface area contributed by atoms with Crippen LogP contribution in [0.3, 0.4) is 0 Å². The maximum atomic E-state index is 13.5. The van der Waals surface area contributed by atoms with Gasteiger partial charge in [0.1, 0.15) is 29.0 Å². The van der Waals surface area contributed by atoms with Crippen LogP contribution in [0.5, 0.6) is 11.5 Å². The van der Waals surface area contributed by atoms with Crippen molar-refractivity contribution in [3.8, 4) is 11.5 Å². The van der Waals surface area contributed by atoms with Gasteiger partial charge in [-0.05, 0) is 124 Å².